The molecule has 1 amide bonds. The molecule has 0 bridgehead atoms. The van der Waals surface area contributed by atoms with Gasteiger partial charge in [-0.2, -0.15) is 13.2 Å². The van der Waals surface area contributed by atoms with E-state index in [1.54, 1.807) is 4.90 Å². The number of fused-ring (bicyclic) bond motifs is 1. The molecule has 1 aliphatic heterocycles. The second kappa shape index (κ2) is 8.05. The molecule has 1 N–H and O–H groups in total. The number of carbonyl (C=O) groups excluding carboxylic acids is 1. The molecule has 1 saturated heterocycles. The molecular formula is C22H24F3N3O. The van der Waals surface area contributed by atoms with E-state index in [0.717, 1.165) is 30.9 Å². The number of anilines is 1. The molecule has 0 radical (unpaired) electrons. The van der Waals surface area contributed by atoms with Crippen LogP contribution >= 0.6 is 0 Å². The minimum Gasteiger partial charge on any atom is -0.355 e. The number of hydrogen-bond donors (Lipinski definition) is 1. The van der Waals surface area contributed by atoms with Gasteiger partial charge in [0.2, 0.25) is 5.91 Å². The Labute approximate surface area is 168 Å². The molecule has 2 aliphatic rings. The quantitative estimate of drug-likeness (QED) is 0.820. The molecule has 2 aromatic rings. The van der Waals surface area contributed by atoms with Crippen LogP contribution in [-0.2, 0) is 17.4 Å². The van der Waals surface area contributed by atoms with Crippen LogP contribution in [0.4, 0.5) is 19.0 Å². The van der Waals surface area contributed by atoms with E-state index in [0.29, 0.717) is 19.4 Å². The van der Waals surface area contributed by atoms with Gasteiger partial charge in [-0.3, -0.25) is 4.79 Å². The monoisotopic (exact) mass is 403 g/mol. The van der Waals surface area contributed by atoms with Crippen LogP contribution in [-0.4, -0.2) is 24.0 Å². The lowest BCUT2D eigenvalue weighted by atomic mass is 9.87. The predicted octanol–water partition coefficient (Wildman–Crippen LogP) is 4.51. The zero-order valence-corrected chi connectivity index (χ0v) is 16.1. The van der Waals surface area contributed by atoms with Crippen LogP contribution in [0.5, 0.6) is 0 Å². The highest BCUT2D eigenvalue weighted by molar-refractivity contribution is 5.80. The maximum absolute atomic E-state index is 13.4. The first-order valence-corrected chi connectivity index (χ1v) is 10.1. The summed E-state index contributed by atoms with van der Waals surface area (Å²) in [4.78, 5) is 18.5. The van der Waals surface area contributed by atoms with Crippen molar-refractivity contribution in [3.05, 3.63) is 59.3 Å². The number of carbonyl (C=O) groups is 1. The topological polar surface area (TPSA) is 45.2 Å². The van der Waals surface area contributed by atoms with Gasteiger partial charge < -0.3 is 10.2 Å². The molecule has 1 aliphatic carbocycles. The van der Waals surface area contributed by atoms with Crippen LogP contribution in [0.2, 0.25) is 0 Å². The SMILES string of the molecule is O=C(NC1CCCc2ccccc21)C1CCCN(c2ncccc2C(F)(F)F)C1. The Bertz CT molecular complexity index is 884. The highest BCUT2D eigenvalue weighted by atomic mass is 19.4. The summed E-state index contributed by atoms with van der Waals surface area (Å²) in [6, 6.07) is 10.4. The Morgan fingerprint density at radius 2 is 1.93 bits per heavy atom. The molecule has 0 spiro atoms. The number of rotatable bonds is 3. The first kappa shape index (κ1) is 19.7. The summed E-state index contributed by atoms with van der Waals surface area (Å²) in [5, 5.41) is 3.15. The summed E-state index contributed by atoms with van der Waals surface area (Å²) >= 11 is 0. The van der Waals surface area contributed by atoms with Crippen molar-refractivity contribution in [2.75, 3.05) is 18.0 Å². The maximum Gasteiger partial charge on any atom is 0.419 e. The number of pyridine rings is 1. The number of aromatic nitrogens is 1. The maximum atomic E-state index is 13.4. The number of piperidine rings is 1. The minimum atomic E-state index is -4.47. The third-order valence-electron chi connectivity index (χ3n) is 5.87. The number of halogens is 3. The zero-order valence-electron chi connectivity index (χ0n) is 16.1. The molecule has 29 heavy (non-hydrogen) atoms. The number of nitrogens with zero attached hydrogens (tertiary/aromatic N) is 2. The van der Waals surface area contributed by atoms with Crippen LogP contribution in [0.1, 0.15) is 48.4 Å². The van der Waals surface area contributed by atoms with Crippen molar-refractivity contribution in [3.63, 3.8) is 0 Å². The molecule has 2 atom stereocenters. The molecule has 1 aromatic heterocycles. The van der Waals surface area contributed by atoms with E-state index < -0.39 is 11.7 Å². The zero-order chi connectivity index (χ0) is 20.4. The van der Waals surface area contributed by atoms with Crippen molar-refractivity contribution in [2.45, 2.75) is 44.3 Å². The van der Waals surface area contributed by atoms with E-state index in [2.05, 4.69) is 22.4 Å². The molecule has 7 heteroatoms. The van der Waals surface area contributed by atoms with Gasteiger partial charge >= 0.3 is 6.18 Å². The molecule has 2 unspecified atom stereocenters. The van der Waals surface area contributed by atoms with Gasteiger partial charge in [-0.15, -0.1) is 0 Å². The number of hydrogen-bond acceptors (Lipinski definition) is 3. The molecule has 2 heterocycles. The van der Waals surface area contributed by atoms with Crippen LogP contribution in [0.3, 0.4) is 0 Å². The Morgan fingerprint density at radius 1 is 1.10 bits per heavy atom. The fraction of sp³-hybridized carbons (Fsp3) is 0.455. The molecule has 1 fully saturated rings. The largest absolute Gasteiger partial charge is 0.419 e. The van der Waals surface area contributed by atoms with E-state index in [-0.39, 0.29) is 30.2 Å². The average molecular weight is 403 g/mol. The lowest BCUT2D eigenvalue weighted by Gasteiger charge is -2.35. The number of amides is 1. The fourth-order valence-electron chi connectivity index (χ4n) is 4.45. The molecule has 0 saturated carbocycles. The number of nitrogens with one attached hydrogen (secondary N) is 1. The number of alkyl halides is 3. The molecule has 4 rings (SSSR count). The van der Waals surface area contributed by atoms with E-state index >= 15 is 0 Å². The van der Waals surface area contributed by atoms with Gasteiger partial charge in [0.05, 0.1) is 17.5 Å². The molecule has 154 valence electrons. The molecule has 4 nitrogen and oxygen atoms in total. The fourth-order valence-corrected chi connectivity index (χ4v) is 4.45. The summed E-state index contributed by atoms with van der Waals surface area (Å²) < 4.78 is 40.1. The summed E-state index contributed by atoms with van der Waals surface area (Å²) in [6.07, 6.45) is 1.15. The standard InChI is InChI=1S/C22H24F3N3O/c23-22(24,25)18-10-4-12-26-20(18)28-13-5-8-16(14-28)21(29)27-19-11-3-7-15-6-1-2-9-17(15)19/h1-2,4,6,9-10,12,16,19H,3,5,7-8,11,13-14H2,(H,27,29). The van der Waals surface area contributed by atoms with Crippen molar-refractivity contribution in [1.82, 2.24) is 10.3 Å². The summed E-state index contributed by atoms with van der Waals surface area (Å²) in [7, 11) is 0. The van der Waals surface area contributed by atoms with Crippen LogP contribution in [0, 0.1) is 5.92 Å². The highest BCUT2D eigenvalue weighted by Crippen LogP contribution is 2.37. The minimum absolute atomic E-state index is 0.0246. The van der Waals surface area contributed by atoms with Crippen molar-refractivity contribution in [3.8, 4) is 0 Å². The van der Waals surface area contributed by atoms with Gasteiger partial charge in [-0.1, -0.05) is 24.3 Å². The van der Waals surface area contributed by atoms with E-state index in [1.807, 2.05) is 12.1 Å². The Hall–Kier alpha value is -2.57. The lowest BCUT2D eigenvalue weighted by molar-refractivity contribution is -0.137. The second-order valence-electron chi connectivity index (χ2n) is 7.81. The van der Waals surface area contributed by atoms with E-state index in [1.165, 1.54) is 17.8 Å². The average Bonchev–Trinajstić information content (AvgIpc) is 2.73. The van der Waals surface area contributed by atoms with E-state index in [4.69, 9.17) is 0 Å². The Balaban J connectivity index is 1.48. The normalized spacial score (nSPS) is 22.1. The summed E-state index contributed by atoms with van der Waals surface area (Å²) in [6.45, 7) is 0.719. The van der Waals surface area contributed by atoms with Gasteiger partial charge in [0.15, 0.2) is 0 Å². The third-order valence-corrected chi connectivity index (χ3v) is 5.87. The molecule has 1 aromatic carbocycles. The van der Waals surface area contributed by atoms with Gasteiger partial charge in [0.1, 0.15) is 5.82 Å². The number of benzene rings is 1. The van der Waals surface area contributed by atoms with Crippen molar-refractivity contribution in [2.24, 2.45) is 5.92 Å². The van der Waals surface area contributed by atoms with Gasteiger partial charge in [0, 0.05) is 19.3 Å². The van der Waals surface area contributed by atoms with Gasteiger partial charge in [-0.25, -0.2) is 4.98 Å². The Morgan fingerprint density at radius 3 is 2.76 bits per heavy atom. The van der Waals surface area contributed by atoms with Crippen molar-refractivity contribution >= 4 is 11.7 Å². The first-order valence-electron chi connectivity index (χ1n) is 10.1. The summed E-state index contributed by atoms with van der Waals surface area (Å²) in [5.74, 6) is -0.512. The first-order chi connectivity index (χ1) is 13.9. The molecular weight excluding hydrogens is 379 g/mol. The van der Waals surface area contributed by atoms with Crippen molar-refractivity contribution in [1.29, 1.82) is 0 Å². The van der Waals surface area contributed by atoms with Crippen LogP contribution in [0.25, 0.3) is 0 Å². The second-order valence-corrected chi connectivity index (χ2v) is 7.81. The predicted molar refractivity (Wildman–Crippen MR) is 104 cm³/mol. The summed E-state index contributed by atoms with van der Waals surface area (Å²) in [5.41, 5.74) is 1.67. The van der Waals surface area contributed by atoms with Gasteiger partial charge in [-0.05, 0) is 55.4 Å². The lowest BCUT2D eigenvalue weighted by Crippen LogP contribution is -2.45. The van der Waals surface area contributed by atoms with Gasteiger partial charge in [0.25, 0.3) is 0 Å². The third kappa shape index (κ3) is 4.23. The number of aryl methyl sites for hydroxylation is 1. The van der Waals surface area contributed by atoms with Crippen LogP contribution in [0.15, 0.2) is 42.6 Å². The Kier molecular flexibility index (Phi) is 5.48. The highest BCUT2D eigenvalue weighted by Gasteiger charge is 2.37. The van der Waals surface area contributed by atoms with E-state index in [9.17, 15) is 18.0 Å². The smallest absolute Gasteiger partial charge is 0.355 e. The van der Waals surface area contributed by atoms with Crippen molar-refractivity contribution < 1.29 is 18.0 Å². The van der Waals surface area contributed by atoms with Crippen LogP contribution < -0.4 is 10.2 Å².